The molecule has 108 valence electrons. The van der Waals surface area contributed by atoms with E-state index in [1.165, 1.54) is 12.8 Å². The number of hydrogen-bond acceptors (Lipinski definition) is 3. The summed E-state index contributed by atoms with van der Waals surface area (Å²) in [6.45, 7) is 2.78. The molecule has 0 unspecified atom stereocenters. The van der Waals surface area contributed by atoms with E-state index in [0.29, 0.717) is 12.0 Å². The van der Waals surface area contributed by atoms with E-state index in [2.05, 4.69) is 10.3 Å². The zero-order valence-corrected chi connectivity index (χ0v) is 12.0. The first kappa shape index (κ1) is 12.8. The molecule has 0 aliphatic carbocycles. The summed E-state index contributed by atoms with van der Waals surface area (Å²) in [6, 6.07) is 10.2. The summed E-state index contributed by atoms with van der Waals surface area (Å²) in [5.74, 6) is 0.737. The number of para-hydroxylation sites is 1. The Kier molecular flexibility index (Phi) is 3.11. The topological polar surface area (TPSA) is 45.2 Å². The molecule has 2 aliphatic heterocycles. The second-order valence-corrected chi connectivity index (χ2v) is 6.05. The molecule has 1 amide bonds. The second kappa shape index (κ2) is 5.11. The predicted octanol–water partition coefficient (Wildman–Crippen LogP) is 2.06. The van der Waals surface area contributed by atoms with Crippen LogP contribution in [0.1, 0.15) is 23.2 Å². The Morgan fingerprint density at radius 1 is 1.24 bits per heavy atom. The van der Waals surface area contributed by atoms with Crippen LogP contribution >= 0.6 is 0 Å². The highest BCUT2D eigenvalue weighted by molar-refractivity contribution is 6.05. The molecule has 2 aliphatic rings. The molecular formula is C17H19N3O. The van der Waals surface area contributed by atoms with Crippen molar-refractivity contribution in [2.45, 2.75) is 18.9 Å². The second-order valence-electron chi connectivity index (χ2n) is 6.05. The fourth-order valence-electron chi connectivity index (χ4n) is 3.66. The number of carbonyl (C=O) groups excluding carboxylic acids is 1. The molecule has 2 fully saturated rings. The average molecular weight is 281 g/mol. The average Bonchev–Trinajstić information content (AvgIpc) is 2.97. The van der Waals surface area contributed by atoms with Gasteiger partial charge in [0.25, 0.3) is 5.91 Å². The van der Waals surface area contributed by atoms with Gasteiger partial charge in [0, 0.05) is 30.7 Å². The molecule has 0 spiro atoms. The summed E-state index contributed by atoms with van der Waals surface area (Å²) in [7, 11) is 0. The van der Waals surface area contributed by atoms with Crippen molar-refractivity contribution in [1.29, 1.82) is 0 Å². The first-order valence-corrected chi connectivity index (χ1v) is 7.69. The number of carbonyl (C=O) groups is 1. The first-order chi connectivity index (χ1) is 10.3. The fourth-order valence-corrected chi connectivity index (χ4v) is 3.66. The number of pyridine rings is 1. The highest BCUT2D eigenvalue weighted by atomic mass is 16.2. The number of fused-ring (bicyclic) bond motifs is 2. The van der Waals surface area contributed by atoms with Crippen molar-refractivity contribution in [2.75, 3.05) is 19.6 Å². The first-order valence-electron chi connectivity index (χ1n) is 7.69. The number of piperidine rings is 1. The van der Waals surface area contributed by atoms with E-state index >= 15 is 0 Å². The summed E-state index contributed by atoms with van der Waals surface area (Å²) in [4.78, 5) is 19.3. The van der Waals surface area contributed by atoms with Crippen LogP contribution in [0.4, 0.5) is 0 Å². The number of nitrogens with zero attached hydrogens (tertiary/aromatic N) is 2. The van der Waals surface area contributed by atoms with Crippen LogP contribution < -0.4 is 5.32 Å². The van der Waals surface area contributed by atoms with Crippen molar-refractivity contribution < 1.29 is 4.79 Å². The van der Waals surface area contributed by atoms with E-state index in [9.17, 15) is 4.79 Å². The van der Waals surface area contributed by atoms with Crippen LogP contribution in [0.25, 0.3) is 10.9 Å². The molecule has 4 heteroatoms. The summed E-state index contributed by atoms with van der Waals surface area (Å²) in [5.41, 5.74) is 1.54. The maximum Gasteiger partial charge on any atom is 0.256 e. The lowest BCUT2D eigenvalue weighted by Gasteiger charge is -2.24. The monoisotopic (exact) mass is 281 g/mol. The largest absolute Gasteiger partial charge is 0.337 e. The van der Waals surface area contributed by atoms with Gasteiger partial charge in [-0.05, 0) is 37.4 Å². The Balaban J connectivity index is 1.65. The summed E-state index contributed by atoms with van der Waals surface area (Å²) in [5, 5.41) is 4.57. The molecule has 0 saturated carbocycles. The summed E-state index contributed by atoms with van der Waals surface area (Å²) >= 11 is 0. The molecule has 2 atom stereocenters. The van der Waals surface area contributed by atoms with Crippen LogP contribution in [0.15, 0.2) is 36.5 Å². The smallest absolute Gasteiger partial charge is 0.256 e. The predicted molar refractivity (Wildman–Crippen MR) is 82.2 cm³/mol. The molecule has 3 heterocycles. The van der Waals surface area contributed by atoms with Gasteiger partial charge < -0.3 is 10.2 Å². The number of hydrogen-bond donors (Lipinski definition) is 1. The number of amides is 1. The summed E-state index contributed by atoms with van der Waals surface area (Å²) in [6.07, 6.45) is 4.21. The van der Waals surface area contributed by atoms with Gasteiger partial charge in [-0.3, -0.25) is 9.78 Å². The van der Waals surface area contributed by atoms with Gasteiger partial charge in [0.05, 0.1) is 11.1 Å². The van der Waals surface area contributed by atoms with Crippen LogP contribution in [-0.2, 0) is 0 Å². The van der Waals surface area contributed by atoms with Crippen molar-refractivity contribution in [3.05, 3.63) is 42.1 Å². The molecule has 2 saturated heterocycles. The van der Waals surface area contributed by atoms with Crippen LogP contribution in [-0.4, -0.2) is 41.5 Å². The number of aromatic nitrogens is 1. The van der Waals surface area contributed by atoms with Gasteiger partial charge >= 0.3 is 0 Å². The number of rotatable bonds is 1. The molecular weight excluding hydrogens is 262 g/mol. The van der Waals surface area contributed by atoms with E-state index in [4.69, 9.17) is 0 Å². The van der Waals surface area contributed by atoms with E-state index in [-0.39, 0.29) is 5.91 Å². The molecule has 0 radical (unpaired) electrons. The lowest BCUT2D eigenvalue weighted by molar-refractivity contribution is 0.0787. The fraction of sp³-hybridized carbons (Fsp3) is 0.412. The third kappa shape index (κ3) is 2.20. The lowest BCUT2D eigenvalue weighted by Crippen LogP contribution is -2.41. The van der Waals surface area contributed by atoms with Gasteiger partial charge in [0.1, 0.15) is 0 Å². The minimum atomic E-state index is 0.121. The Morgan fingerprint density at radius 2 is 2.14 bits per heavy atom. The molecule has 21 heavy (non-hydrogen) atoms. The van der Waals surface area contributed by atoms with Crippen molar-refractivity contribution in [1.82, 2.24) is 15.2 Å². The Morgan fingerprint density at radius 3 is 3.05 bits per heavy atom. The SMILES string of the molecule is O=C(c1cccc2cccnc12)N1C[C@@H]2CCCN[C@@H]2C1. The number of nitrogens with one attached hydrogen (secondary N) is 1. The minimum absolute atomic E-state index is 0.121. The van der Waals surface area contributed by atoms with Gasteiger partial charge in [-0.2, -0.15) is 0 Å². The van der Waals surface area contributed by atoms with Crippen LogP contribution in [0, 0.1) is 5.92 Å². The molecule has 1 N–H and O–H groups in total. The van der Waals surface area contributed by atoms with Crippen molar-refractivity contribution in [3.63, 3.8) is 0 Å². The zero-order valence-electron chi connectivity index (χ0n) is 12.0. The maximum atomic E-state index is 12.9. The Hall–Kier alpha value is -1.94. The van der Waals surface area contributed by atoms with Gasteiger partial charge in [-0.25, -0.2) is 0 Å². The van der Waals surface area contributed by atoms with Gasteiger partial charge in [0.15, 0.2) is 0 Å². The highest BCUT2D eigenvalue weighted by Gasteiger charge is 2.36. The van der Waals surface area contributed by atoms with E-state index in [0.717, 1.165) is 36.1 Å². The van der Waals surface area contributed by atoms with Crippen LogP contribution in [0.3, 0.4) is 0 Å². The van der Waals surface area contributed by atoms with Crippen molar-refractivity contribution in [2.24, 2.45) is 5.92 Å². The molecule has 1 aromatic carbocycles. The highest BCUT2D eigenvalue weighted by Crippen LogP contribution is 2.27. The van der Waals surface area contributed by atoms with Crippen molar-refractivity contribution >= 4 is 16.8 Å². The molecule has 1 aromatic heterocycles. The molecule has 0 bridgehead atoms. The third-order valence-corrected chi connectivity index (χ3v) is 4.75. The molecule has 4 rings (SSSR count). The van der Waals surface area contributed by atoms with E-state index < -0.39 is 0 Å². The number of benzene rings is 1. The molecule has 2 aromatic rings. The normalized spacial score (nSPS) is 25.0. The summed E-state index contributed by atoms with van der Waals surface area (Å²) < 4.78 is 0. The van der Waals surface area contributed by atoms with Gasteiger partial charge in [-0.15, -0.1) is 0 Å². The molecule has 4 nitrogen and oxygen atoms in total. The number of likely N-dealkylation sites (tertiary alicyclic amines) is 1. The zero-order chi connectivity index (χ0) is 14.2. The van der Waals surface area contributed by atoms with Crippen molar-refractivity contribution in [3.8, 4) is 0 Å². The maximum absolute atomic E-state index is 12.9. The van der Waals surface area contributed by atoms with Crippen LogP contribution in [0.5, 0.6) is 0 Å². The van der Waals surface area contributed by atoms with E-state index in [1.807, 2.05) is 35.2 Å². The van der Waals surface area contributed by atoms with E-state index in [1.54, 1.807) is 6.20 Å². The van der Waals surface area contributed by atoms with Crippen LogP contribution in [0.2, 0.25) is 0 Å². The standard InChI is InChI=1S/C17H19N3O/c21-17(20-10-13-6-3-8-18-15(13)11-20)14-7-1-4-12-5-2-9-19-16(12)14/h1-2,4-5,7,9,13,15,18H,3,6,8,10-11H2/t13-,15+/m0/s1. The minimum Gasteiger partial charge on any atom is -0.337 e. The lowest BCUT2D eigenvalue weighted by atomic mass is 9.94. The van der Waals surface area contributed by atoms with Gasteiger partial charge in [-0.1, -0.05) is 18.2 Å². The Bertz CT molecular complexity index is 665. The van der Waals surface area contributed by atoms with Gasteiger partial charge in [0.2, 0.25) is 0 Å². The third-order valence-electron chi connectivity index (χ3n) is 4.75. The quantitative estimate of drug-likeness (QED) is 0.870. The Labute approximate surface area is 124 Å².